The van der Waals surface area contributed by atoms with Gasteiger partial charge in [0.1, 0.15) is 5.82 Å². The molecule has 1 aliphatic rings. The summed E-state index contributed by atoms with van der Waals surface area (Å²) in [7, 11) is 0. The van der Waals surface area contributed by atoms with Crippen LogP contribution in [0.5, 0.6) is 0 Å². The summed E-state index contributed by atoms with van der Waals surface area (Å²) in [5.41, 5.74) is 1.61. The first-order valence-electron chi connectivity index (χ1n) is 10.1. The van der Waals surface area contributed by atoms with Crippen molar-refractivity contribution in [2.45, 2.75) is 39.3 Å². The Labute approximate surface area is 171 Å². The molecule has 2 amide bonds. The molecule has 2 aromatic carbocycles. The number of carbonyl (C=O) groups excluding carboxylic acids is 2. The van der Waals surface area contributed by atoms with Crippen LogP contribution in [-0.2, 0) is 11.3 Å². The molecule has 0 aromatic heterocycles. The minimum Gasteiger partial charge on any atom is -0.350 e. The lowest BCUT2D eigenvalue weighted by Gasteiger charge is -2.32. The predicted octanol–water partition coefficient (Wildman–Crippen LogP) is 3.81. The quantitative estimate of drug-likeness (QED) is 0.779. The van der Waals surface area contributed by atoms with Crippen LogP contribution in [0.3, 0.4) is 0 Å². The van der Waals surface area contributed by atoms with Gasteiger partial charge in [0.15, 0.2) is 0 Å². The first kappa shape index (κ1) is 21.0. The molecule has 1 heterocycles. The van der Waals surface area contributed by atoms with E-state index in [-0.39, 0.29) is 29.6 Å². The number of para-hydroxylation sites is 1. The fourth-order valence-electron chi connectivity index (χ4n) is 3.65. The topological polar surface area (TPSA) is 61.4 Å². The van der Waals surface area contributed by atoms with Crippen molar-refractivity contribution in [1.29, 1.82) is 0 Å². The molecular formula is C23H28FN3O2. The zero-order chi connectivity index (χ0) is 20.8. The van der Waals surface area contributed by atoms with Gasteiger partial charge in [0.2, 0.25) is 5.91 Å². The van der Waals surface area contributed by atoms with Crippen molar-refractivity contribution < 1.29 is 14.0 Å². The van der Waals surface area contributed by atoms with Crippen molar-refractivity contribution in [3.8, 4) is 0 Å². The molecule has 2 aromatic rings. The van der Waals surface area contributed by atoms with Crippen molar-refractivity contribution in [2.24, 2.45) is 5.92 Å². The Bertz CT molecular complexity index is 869. The summed E-state index contributed by atoms with van der Waals surface area (Å²) in [6.45, 7) is 5.69. The van der Waals surface area contributed by atoms with E-state index in [1.54, 1.807) is 36.4 Å². The molecule has 1 aliphatic heterocycles. The molecule has 29 heavy (non-hydrogen) atoms. The van der Waals surface area contributed by atoms with Crippen LogP contribution in [-0.4, -0.2) is 35.8 Å². The van der Waals surface area contributed by atoms with Gasteiger partial charge in [-0.25, -0.2) is 4.39 Å². The van der Waals surface area contributed by atoms with Gasteiger partial charge in [0, 0.05) is 24.7 Å². The molecule has 154 valence electrons. The number of carbonyl (C=O) groups is 2. The fourth-order valence-corrected chi connectivity index (χ4v) is 3.65. The standard InChI is InChI=1S/C23H28FN3O2/c1-16(2)25-23(29)19-10-4-6-12-21(19)26-22(28)18-9-7-13-27(15-18)14-17-8-3-5-11-20(17)24/h3-6,8,10-12,16,18H,7,9,13-15H2,1-2H3,(H,25,29)(H,26,28). The van der Waals surface area contributed by atoms with Gasteiger partial charge in [-0.2, -0.15) is 0 Å². The summed E-state index contributed by atoms with van der Waals surface area (Å²) in [6, 6.07) is 13.8. The highest BCUT2D eigenvalue weighted by molar-refractivity contribution is 6.04. The first-order valence-corrected chi connectivity index (χ1v) is 10.1. The van der Waals surface area contributed by atoms with E-state index >= 15 is 0 Å². The third-order valence-corrected chi connectivity index (χ3v) is 5.08. The third kappa shape index (κ3) is 5.64. The number of hydrogen-bond donors (Lipinski definition) is 2. The number of likely N-dealkylation sites (tertiary alicyclic amines) is 1. The van der Waals surface area contributed by atoms with Crippen molar-refractivity contribution in [1.82, 2.24) is 10.2 Å². The molecule has 1 unspecified atom stereocenters. The minimum atomic E-state index is -0.218. The van der Waals surface area contributed by atoms with Crippen molar-refractivity contribution in [3.63, 3.8) is 0 Å². The SMILES string of the molecule is CC(C)NC(=O)c1ccccc1NC(=O)C1CCCN(Cc2ccccc2F)C1. The van der Waals surface area contributed by atoms with Crippen LogP contribution in [0.15, 0.2) is 48.5 Å². The van der Waals surface area contributed by atoms with Gasteiger partial charge in [-0.3, -0.25) is 14.5 Å². The number of nitrogens with one attached hydrogen (secondary N) is 2. The maximum Gasteiger partial charge on any atom is 0.253 e. The second-order valence-electron chi connectivity index (χ2n) is 7.83. The number of amides is 2. The smallest absolute Gasteiger partial charge is 0.253 e. The van der Waals surface area contributed by atoms with Gasteiger partial charge in [-0.1, -0.05) is 30.3 Å². The molecule has 0 radical (unpaired) electrons. The molecule has 1 fully saturated rings. The van der Waals surface area contributed by atoms with E-state index in [1.807, 2.05) is 19.9 Å². The molecule has 2 N–H and O–H groups in total. The maximum absolute atomic E-state index is 14.0. The molecule has 1 saturated heterocycles. The Hall–Kier alpha value is -2.73. The summed E-state index contributed by atoms with van der Waals surface area (Å²) in [6.07, 6.45) is 1.65. The van der Waals surface area contributed by atoms with Crippen LogP contribution < -0.4 is 10.6 Å². The summed E-state index contributed by atoms with van der Waals surface area (Å²) in [4.78, 5) is 27.4. The normalized spacial score (nSPS) is 17.2. The van der Waals surface area contributed by atoms with Gasteiger partial charge < -0.3 is 10.6 Å². The van der Waals surface area contributed by atoms with Gasteiger partial charge in [0.05, 0.1) is 17.2 Å². The third-order valence-electron chi connectivity index (χ3n) is 5.08. The van der Waals surface area contributed by atoms with Gasteiger partial charge in [0.25, 0.3) is 5.91 Å². The highest BCUT2D eigenvalue weighted by atomic mass is 19.1. The van der Waals surface area contributed by atoms with Crippen LogP contribution in [0.4, 0.5) is 10.1 Å². The van der Waals surface area contributed by atoms with Crippen LogP contribution in [0, 0.1) is 11.7 Å². The minimum absolute atomic E-state index is 0.0107. The van der Waals surface area contributed by atoms with Crippen molar-refractivity contribution >= 4 is 17.5 Å². The highest BCUT2D eigenvalue weighted by Crippen LogP contribution is 2.23. The van der Waals surface area contributed by atoms with E-state index in [4.69, 9.17) is 0 Å². The molecule has 6 heteroatoms. The van der Waals surface area contributed by atoms with E-state index in [0.29, 0.717) is 29.9 Å². The van der Waals surface area contributed by atoms with Gasteiger partial charge >= 0.3 is 0 Å². The average molecular weight is 397 g/mol. The molecule has 5 nitrogen and oxygen atoms in total. The fraction of sp³-hybridized carbons (Fsp3) is 0.391. The second kappa shape index (κ2) is 9.65. The number of nitrogens with zero attached hydrogens (tertiary/aromatic N) is 1. The lowest BCUT2D eigenvalue weighted by atomic mass is 9.96. The Kier molecular flexibility index (Phi) is 6.99. The number of halogens is 1. The first-order chi connectivity index (χ1) is 13.9. The van der Waals surface area contributed by atoms with E-state index in [1.165, 1.54) is 6.07 Å². The number of piperidine rings is 1. The second-order valence-corrected chi connectivity index (χ2v) is 7.83. The Morgan fingerprint density at radius 2 is 1.86 bits per heavy atom. The maximum atomic E-state index is 14.0. The van der Waals surface area contributed by atoms with Crippen LogP contribution in [0.2, 0.25) is 0 Å². The van der Waals surface area contributed by atoms with E-state index < -0.39 is 0 Å². The van der Waals surface area contributed by atoms with E-state index in [0.717, 1.165) is 19.4 Å². The summed E-state index contributed by atoms with van der Waals surface area (Å²) in [5, 5.41) is 5.79. The molecule has 3 rings (SSSR count). The van der Waals surface area contributed by atoms with Crippen LogP contribution in [0.25, 0.3) is 0 Å². The zero-order valence-electron chi connectivity index (χ0n) is 17.0. The Morgan fingerprint density at radius 3 is 2.62 bits per heavy atom. The largest absolute Gasteiger partial charge is 0.350 e. The lowest BCUT2D eigenvalue weighted by molar-refractivity contribution is -0.121. The van der Waals surface area contributed by atoms with Crippen LogP contribution in [0.1, 0.15) is 42.6 Å². The molecule has 0 aliphatic carbocycles. The number of anilines is 1. The van der Waals surface area contributed by atoms with Gasteiger partial charge in [-0.05, 0) is 51.4 Å². The van der Waals surface area contributed by atoms with Crippen molar-refractivity contribution in [3.05, 3.63) is 65.5 Å². The Morgan fingerprint density at radius 1 is 1.14 bits per heavy atom. The van der Waals surface area contributed by atoms with Crippen molar-refractivity contribution in [2.75, 3.05) is 18.4 Å². The summed E-state index contributed by atoms with van der Waals surface area (Å²) in [5.74, 6) is -0.727. The zero-order valence-corrected chi connectivity index (χ0v) is 17.0. The highest BCUT2D eigenvalue weighted by Gasteiger charge is 2.27. The number of benzene rings is 2. The Balaban J connectivity index is 1.65. The van der Waals surface area contributed by atoms with Crippen LogP contribution >= 0.6 is 0 Å². The molecule has 0 bridgehead atoms. The summed E-state index contributed by atoms with van der Waals surface area (Å²) >= 11 is 0. The number of rotatable bonds is 6. The molecule has 0 spiro atoms. The monoisotopic (exact) mass is 397 g/mol. The average Bonchev–Trinajstić information content (AvgIpc) is 2.70. The molecule has 0 saturated carbocycles. The molecular weight excluding hydrogens is 369 g/mol. The van der Waals surface area contributed by atoms with E-state index in [9.17, 15) is 14.0 Å². The summed E-state index contributed by atoms with van der Waals surface area (Å²) < 4.78 is 14.0. The predicted molar refractivity (Wildman–Crippen MR) is 112 cm³/mol. The lowest BCUT2D eigenvalue weighted by Crippen LogP contribution is -2.40. The van der Waals surface area contributed by atoms with Gasteiger partial charge in [-0.15, -0.1) is 0 Å². The number of hydrogen-bond acceptors (Lipinski definition) is 3. The van der Waals surface area contributed by atoms with E-state index in [2.05, 4.69) is 15.5 Å². The molecule has 1 atom stereocenters.